The molecule has 1 amide bonds. The lowest BCUT2D eigenvalue weighted by Gasteiger charge is -2.40. The number of hydrogen-bond acceptors (Lipinski definition) is 2. The van der Waals surface area contributed by atoms with Crippen molar-refractivity contribution >= 4 is 29.1 Å². The Labute approximate surface area is 123 Å². The molecular formula is C14H18Cl2N2O. The second kappa shape index (κ2) is 6.12. The first-order valence-electron chi connectivity index (χ1n) is 6.54. The van der Waals surface area contributed by atoms with Gasteiger partial charge in [-0.15, -0.1) is 0 Å². The van der Waals surface area contributed by atoms with Crippen LogP contribution >= 0.6 is 23.2 Å². The molecule has 1 saturated heterocycles. The monoisotopic (exact) mass is 300 g/mol. The second-order valence-corrected chi connectivity index (χ2v) is 5.74. The molecule has 0 aromatic heterocycles. The van der Waals surface area contributed by atoms with E-state index in [4.69, 9.17) is 28.9 Å². The minimum atomic E-state index is -0.174. The van der Waals surface area contributed by atoms with Gasteiger partial charge in [0.15, 0.2) is 0 Å². The van der Waals surface area contributed by atoms with E-state index in [0.29, 0.717) is 29.4 Å². The fraction of sp³-hybridized carbons (Fsp3) is 0.500. The number of hydrogen-bond donors (Lipinski definition) is 1. The highest BCUT2D eigenvalue weighted by Crippen LogP contribution is 2.36. The van der Waals surface area contributed by atoms with Gasteiger partial charge in [-0.1, -0.05) is 30.1 Å². The third kappa shape index (κ3) is 3.04. The van der Waals surface area contributed by atoms with Crippen LogP contribution in [-0.4, -0.2) is 23.4 Å². The van der Waals surface area contributed by atoms with Crippen molar-refractivity contribution in [2.75, 3.05) is 6.54 Å². The first-order valence-corrected chi connectivity index (χ1v) is 7.30. The molecule has 1 aromatic rings. The second-order valence-electron chi connectivity index (χ2n) is 4.90. The average Bonchev–Trinajstić information content (AvgIpc) is 2.38. The summed E-state index contributed by atoms with van der Waals surface area (Å²) < 4.78 is 0. The molecule has 0 spiro atoms. The van der Waals surface area contributed by atoms with Gasteiger partial charge in [0.25, 0.3) is 0 Å². The summed E-state index contributed by atoms with van der Waals surface area (Å²) in [6, 6.07) is 5.05. The van der Waals surface area contributed by atoms with Gasteiger partial charge in [0.1, 0.15) is 0 Å². The van der Waals surface area contributed by atoms with Crippen molar-refractivity contribution in [2.45, 2.75) is 38.3 Å². The molecule has 1 aromatic carbocycles. The largest absolute Gasteiger partial charge is 0.334 e. The van der Waals surface area contributed by atoms with Gasteiger partial charge in [-0.05, 0) is 36.6 Å². The Morgan fingerprint density at radius 2 is 2.16 bits per heavy atom. The van der Waals surface area contributed by atoms with E-state index in [2.05, 4.69) is 0 Å². The van der Waals surface area contributed by atoms with Gasteiger partial charge in [-0.25, -0.2) is 0 Å². The summed E-state index contributed by atoms with van der Waals surface area (Å²) in [5.74, 6) is 0.143. The maximum Gasteiger partial charge on any atom is 0.223 e. The van der Waals surface area contributed by atoms with Gasteiger partial charge in [0.05, 0.1) is 6.04 Å². The van der Waals surface area contributed by atoms with Crippen LogP contribution in [0.1, 0.15) is 37.8 Å². The molecule has 3 nitrogen and oxygen atoms in total. The van der Waals surface area contributed by atoms with Crippen LogP contribution in [0.15, 0.2) is 18.2 Å². The van der Waals surface area contributed by atoms with Crippen LogP contribution in [-0.2, 0) is 4.79 Å². The summed E-state index contributed by atoms with van der Waals surface area (Å²) in [5, 5.41) is 1.22. The number of halogens is 2. The Bertz CT molecular complexity index is 479. The highest BCUT2D eigenvalue weighted by molar-refractivity contribution is 6.33. The van der Waals surface area contributed by atoms with E-state index < -0.39 is 0 Å². The quantitative estimate of drug-likeness (QED) is 0.930. The molecule has 1 heterocycles. The number of nitrogens with zero attached hydrogens (tertiary/aromatic N) is 1. The van der Waals surface area contributed by atoms with Gasteiger partial charge >= 0.3 is 0 Å². The predicted octanol–water partition coefficient (Wildman–Crippen LogP) is 3.39. The van der Waals surface area contributed by atoms with E-state index in [-0.39, 0.29) is 18.0 Å². The summed E-state index contributed by atoms with van der Waals surface area (Å²) >= 11 is 12.3. The summed E-state index contributed by atoms with van der Waals surface area (Å²) in [5.41, 5.74) is 7.07. The van der Waals surface area contributed by atoms with E-state index in [1.807, 2.05) is 17.9 Å². The lowest BCUT2D eigenvalue weighted by molar-refractivity contribution is -0.137. The third-order valence-electron chi connectivity index (χ3n) is 3.49. The van der Waals surface area contributed by atoms with Crippen molar-refractivity contribution in [1.82, 2.24) is 4.90 Å². The van der Waals surface area contributed by atoms with E-state index in [1.165, 1.54) is 0 Å². The molecule has 1 aliphatic rings. The number of piperidine rings is 1. The molecule has 19 heavy (non-hydrogen) atoms. The molecule has 2 rings (SSSR count). The van der Waals surface area contributed by atoms with Crippen LogP contribution in [0.4, 0.5) is 0 Å². The Balaban J connectivity index is 2.41. The van der Waals surface area contributed by atoms with Gasteiger partial charge in [-0.3, -0.25) is 4.79 Å². The highest BCUT2D eigenvalue weighted by Gasteiger charge is 2.35. The fourth-order valence-electron chi connectivity index (χ4n) is 2.62. The molecule has 2 unspecified atom stereocenters. The first-order chi connectivity index (χ1) is 9.04. The summed E-state index contributed by atoms with van der Waals surface area (Å²) in [4.78, 5) is 13.9. The molecule has 0 aliphatic carbocycles. The normalized spacial score (nSPS) is 23.8. The van der Waals surface area contributed by atoms with Crippen molar-refractivity contribution in [1.29, 1.82) is 0 Å². The number of amides is 1. The Kier molecular flexibility index (Phi) is 4.71. The standard InChI is InChI=1S/C14H18Cl2N2O/c1-2-7-18-13(19)6-5-12(17)14(18)10-8-9(15)3-4-11(10)16/h3-4,8,12,14H,2,5-7,17H2,1H3. The topological polar surface area (TPSA) is 46.3 Å². The van der Waals surface area contributed by atoms with E-state index in [9.17, 15) is 4.79 Å². The number of nitrogens with two attached hydrogens (primary N) is 1. The fourth-order valence-corrected chi connectivity index (χ4v) is 3.03. The van der Waals surface area contributed by atoms with Crippen molar-refractivity contribution in [3.8, 4) is 0 Å². The summed E-state index contributed by atoms with van der Waals surface area (Å²) in [6.07, 6.45) is 2.09. The van der Waals surface area contributed by atoms with Gasteiger partial charge in [0.2, 0.25) is 5.91 Å². The van der Waals surface area contributed by atoms with Gasteiger partial charge in [0, 0.05) is 29.1 Å². The summed E-state index contributed by atoms with van der Waals surface area (Å²) in [7, 11) is 0. The SMILES string of the molecule is CCCN1C(=O)CCC(N)C1c1cc(Cl)ccc1Cl. The van der Waals surface area contributed by atoms with Crippen LogP contribution in [0.2, 0.25) is 10.0 Å². The highest BCUT2D eigenvalue weighted by atomic mass is 35.5. The third-order valence-corrected chi connectivity index (χ3v) is 4.07. The molecule has 2 atom stereocenters. The molecule has 0 bridgehead atoms. The van der Waals surface area contributed by atoms with Crippen molar-refractivity contribution in [2.24, 2.45) is 5.73 Å². The van der Waals surface area contributed by atoms with Crippen molar-refractivity contribution in [3.63, 3.8) is 0 Å². The molecule has 0 radical (unpaired) electrons. The zero-order valence-corrected chi connectivity index (χ0v) is 12.4. The lowest BCUT2D eigenvalue weighted by atomic mass is 9.90. The number of likely N-dealkylation sites (tertiary alicyclic amines) is 1. The molecule has 2 N–H and O–H groups in total. The van der Waals surface area contributed by atoms with Crippen LogP contribution in [0.3, 0.4) is 0 Å². The zero-order chi connectivity index (χ0) is 14.0. The van der Waals surface area contributed by atoms with Crippen LogP contribution in [0.5, 0.6) is 0 Å². The summed E-state index contributed by atoms with van der Waals surface area (Å²) in [6.45, 7) is 2.74. The van der Waals surface area contributed by atoms with E-state index in [0.717, 1.165) is 12.0 Å². The average molecular weight is 301 g/mol. The first kappa shape index (κ1) is 14.6. The van der Waals surface area contributed by atoms with Crippen LogP contribution in [0, 0.1) is 0 Å². The zero-order valence-electron chi connectivity index (χ0n) is 10.9. The molecular weight excluding hydrogens is 283 g/mol. The van der Waals surface area contributed by atoms with Crippen LogP contribution in [0.25, 0.3) is 0 Å². The maximum absolute atomic E-state index is 12.1. The Hall–Kier alpha value is -0.770. The smallest absolute Gasteiger partial charge is 0.223 e. The van der Waals surface area contributed by atoms with E-state index >= 15 is 0 Å². The maximum atomic E-state index is 12.1. The van der Waals surface area contributed by atoms with Crippen molar-refractivity contribution < 1.29 is 4.79 Å². The number of rotatable bonds is 3. The molecule has 0 saturated carbocycles. The minimum Gasteiger partial charge on any atom is -0.334 e. The molecule has 1 aliphatic heterocycles. The molecule has 5 heteroatoms. The van der Waals surface area contributed by atoms with Gasteiger partial charge < -0.3 is 10.6 Å². The Morgan fingerprint density at radius 3 is 2.84 bits per heavy atom. The molecule has 104 valence electrons. The molecule has 1 fully saturated rings. The van der Waals surface area contributed by atoms with Crippen molar-refractivity contribution in [3.05, 3.63) is 33.8 Å². The predicted molar refractivity (Wildman–Crippen MR) is 78.4 cm³/mol. The van der Waals surface area contributed by atoms with Gasteiger partial charge in [-0.2, -0.15) is 0 Å². The number of benzene rings is 1. The minimum absolute atomic E-state index is 0.0970. The lowest BCUT2D eigenvalue weighted by Crippen LogP contribution is -2.49. The Morgan fingerprint density at radius 1 is 1.42 bits per heavy atom. The van der Waals surface area contributed by atoms with Crippen LogP contribution < -0.4 is 5.73 Å². The van der Waals surface area contributed by atoms with E-state index in [1.54, 1.807) is 12.1 Å². The number of carbonyl (C=O) groups is 1. The number of carbonyl (C=O) groups excluding carboxylic acids is 1.